The van der Waals surface area contributed by atoms with Gasteiger partial charge in [0.2, 0.25) is 0 Å². The quantitative estimate of drug-likeness (QED) is 0.689. The summed E-state index contributed by atoms with van der Waals surface area (Å²) in [5, 5.41) is 2.97. The van der Waals surface area contributed by atoms with Crippen LogP contribution >= 0.6 is 11.3 Å². The van der Waals surface area contributed by atoms with Crippen LogP contribution in [-0.2, 0) is 9.53 Å². The smallest absolute Gasteiger partial charge is 0.338 e. The maximum atomic E-state index is 12.0. The molecule has 23 heavy (non-hydrogen) atoms. The van der Waals surface area contributed by atoms with Crippen molar-refractivity contribution < 1.29 is 14.3 Å². The molecule has 0 saturated heterocycles. The Kier molecular flexibility index (Phi) is 5.23. The highest BCUT2D eigenvalue weighted by atomic mass is 32.1. The van der Waals surface area contributed by atoms with Gasteiger partial charge < -0.3 is 10.1 Å². The number of esters is 1. The standard InChI is InChI=1S/C17H20N2O3S/c20-16(19-13-5-3-1-2-4-6-13)10-22-17(21)12-7-8-14-15(9-12)23-11-18-14/h7-9,11,13H,1-6,10H2,(H,19,20). The fourth-order valence-corrected chi connectivity index (χ4v) is 3.61. The summed E-state index contributed by atoms with van der Waals surface area (Å²) in [6.45, 7) is -0.226. The van der Waals surface area contributed by atoms with Crippen molar-refractivity contribution in [3.63, 3.8) is 0 Å². The van der Waals surface area contributed by atoms with E-state index in [4.69, 9.17) is 4.74 Å². The lowest BCUT2D eigenvalue weighted by Crippen LogP contribution is -2.37. The number of benzene rings is 1. The predicted octanol–water partition coefficient (Wildman–Crippen LogP) is 3.29. The van der Waals surface area contributed by atoms with Crippen LogP contribution in [-0.4, -0.2) is 29.5 Å². The summed E-state index contributed by atoms with van der Waals surface area (Å²) in [5.41, 5.74) is 3.04. The van der Waals surface area contributed by atoms with Gasteiger partial charge in [0.1, 0.15) is 0 Å². The average Bonchev–Trinajstić information content (AvgIpc) is 2.88. The molecule has 0 spiro atoms. The highest BCUT2D eigenvalue weighted by Crippen LogP contribution is 2.20. The molecule has 122 valence electrons. The van der Waals surface area contributed by atoms with Crippen LogP contribution in [0.5, 0.6) is 0 Å². The number of rotatable bonds is 4. The van der Waals surface area contributed by atoms with Crippen LogP contribution in [0.4, 0.5) is 0 Å². The Labute approximate surface area is 139 Å². The molecule has 1 aromatic carbocycles. The number of nitrogens with zero attached hydrogens (tertiary/aromatic N) is 1. The number of hydrogen-bond acceptors (Lipinski definition) is 5. The molecule has 5 nitrogen and oxygen atoms in total. The zero-order valence-corrected chi connectivity index (χ0v) is 13.7. The Balaban J connectivity index is 1.50. The van der Waals surface area contributed by atoms with Crippen LogP contribution < -0.4 is 5.32 Å². The minimum absolute atomic E-state index is 0.218. The third-order valence-electron chi connectivity index (χ3n) is 4.12. The molecule has 0 aliphatic heterocycles. The minimum atomic E-state index is -0.476. The van der Waals surface area contributed by atoms with E-state index in [0.29, 0.717) is 5.56 Å². The Morgan fingerprint density at radius 3 is 2.78 bits per heavy atom. The number of carbonyl (C=O) groups excluding carboxylic acids is 2. The molecule has 1 amide bonds. The van der Waals surface area contributed by atoms with E-state index in [1.165, 1.54) is 24.2 Å². The second-order valence-corrected chi connectivity index (χ2v) is 6.75. The Hall–Kier alpha value is -1.95. The van der Waals surface area contributed by atoms with Gasteiger partial charge in [0.05, 0.1) is 21.3 Å². The molecule has 2 aromatic rings. The molecule has 1 aromatic heterocycles. The van der Waals surface area contributed by atoms with E-state index < -0.39 is 5.97 Å². The van der Waals surface area contributed by atoms with Gasteiger partial charge in [-0.1, -0.05) is 25.7 Å². The first-order valence-electron chi connectivity index (χ1n) is 8.02. The average molecular weight is 332 g/mol. The highest BCUT2D eigenvalue weighted by molar-refractivity contribution is 7.16. The monoisotopic (exact) mass is 332 g/mol. The number of nitrogens with one attached hydrogen (secondary N) is 1. The van der Waals surface area contributed by atoms with Gasteiger partial charge in [0.25, 0.3) is 5.91 Å². The number of carbonyl (C=O) groups is 2. The first-order valence-corrected chi connectivity index (χ1v) is 8.90. The van der Waals surface area contributed by atoms with Gasteiger partial charge in [-0.2, -0.15) is 0 Å². The van der Waals surface area contributed by atoms with Gasteiger partial charge in [-0.15, -0.1) is 11.3 Å². The summed E-state index contributed by atoms with van der Waals surface area (Å²) in [6, 6.07) is 5.43. The number of aromatic nitrogens is 1. The summed E-state index contributed by atoms with van der Waals surface area (Å²) in [7, 11) is 0. The molecule has 0 radical (unpaired) electrons. The van der Waals surface area contributed by atoms with Crippen molar-refractivity contribution in [3.8, 4) is 0 Å². The summed E-state index contributed by atoms with van der Waals surface area (Å²) in [6.07, 6.45) is 6.81. The van der Waals surface area contributed by atoms with E-state index in [2.05, 4.69) is 10.3 Å². The molecule has 3 rings (SSSR count). The molecule has 1 saturated carbocycles. The Morgan fingerprint density at radius 2 is 2.00 bits per heavy atom. The van der Waals surface area contributed by atoms with Crippen molar-refractivity contribution in [1.29, 1.82) is 0 Å². The lowest BCUT2D eigenvalue weighted by molar-refractivity contribution is -0.125. The summed E-state index contributed by atoms with van der Waals surface area (Å²) in [4.78, 5) is 28.1. The first kappa shape index (κ1) is 15.9. The van der Waals surface area contributed by atoms with E-state index in [0.717, 1.165) is 35.9 Å². The predicted molar refractivity (Wildman–Crippen MR) is 89.5 cm³/mol. The number of fused-ring (bicyclic) bond motifs is 1. The van der Waals surface area contributed by atoms with E-state index in [9.17, 15) is 9.59 Å². The zero-order valence-electron chi connectivity index (χ0n) is 12.9. The van der Waals surface area contributed by atoms with Gasteiger partial charge >= 0.3 is 5.97 Å². The summed E-state index contributed by atoms with van der Waals surface area (Å²) in [5.74, 6) is -0.694. The molecule has 1 fully saturated rings. The second-order valence-electron chi connectivity index (χ2n) is 5.87. The number of thiazole rings is 1. The second kappa shape index (κ2) is 7.55. The molecule has 1 aliphatic rings. The molecule has 1 N–H and O–H groups in total. The molecule has 1 aliphatic carbocycles. The van der Waals surface area contributed by atoms with Gasteiger partial charge in [-0.3, -0.25) is 4.79 Å². The fraction of sp³-hybridized carbons (Fsp3) is 0.471. The largest absolute Gasteiger partial charge is 0.452 e. The fourth-order valence-electron chi connectivity index (χ4n) is 2.89. The number of hydrogen-bond donors (Lipinski definition) is 1. The van der Waals surface area contributed by atoms with Crippen molar-refractivity contribution in [2.75, 3.05) is 6.61 Å². The SMILES string of the molecule is O=C(COC(=O)c1ccc2ncsc2c1)NC1CCCCCC1. The normalized spacial score (nSPS) is 16.0. The van der Waals surface area contributed by atoms with Gasteiger partial charge in [0.15, 0.2) is 6.61 Å². The summed E-state index contributed by atoms with van der Waals surface area (Å²) < 4.78 is 6.05. The van der Waals surface area contributed by atoms with Crippen molar-refractivity contribution in [2.45, 2.75) is 44.6 Å². The van der Waals surface area contributed by atoms with E-state index in [-0.39, 0.29) is 18.6 Å². The molecular weight excluding hydrogens is 312 g/mol. The maximum Gasteiger partial charge on any atom is 0.338 e. The molecule has 1 heterocycles. The van der Waals surface area contributed by atoms with Crippen LogP contribution in [0.3, 0.4) is 0 Å². The molecular formula is C17H20N2O3S. The lowest BCUT2D eigenvalue weighted by atomic mass is 10.1. The van der Waals surface area contributed by atoms with Gasteiger partial charge in [0, 0.05) is 6.04 Å². The Morgan fingerprint density at radius 1 is 1.22 bits per heavy atom. The van der Waals surface area contributed by atoms with E-state index >= 15 is 0 Å². The minimum Gasteiger partial charge on any atom is -0.452 e. The third-order valence-corrected chi connectivity index (χ3v) is 4.91. The van der Waals surface area contributed by atoms with Crippen molar-refractivity contribution in [2.24, 2.45) is 0 Å². The van der Waals surface area contributed by atoms with Crippen LogP contribution in [0.2, 0.25) is 0 Å². The lowest BCUT2D eigenvalue weighted by Gasteiger charge is -2.16. The highest BCUT2D eigenvalue weighted by Gasteiger charge is 2.16. The molecule has 6 heteroatoms. The number of ether oxygens (including phenoxy) is 1. The molecule has 0 atom stereocenters. The summed E-state index contributed by atoms with van der Waals surface area (Å²) >= 11 is 1.47. The van der Waals surface area contributed by atoms with Crippen LogP contribution in [0.25, 0.3) is 10.2 Å². The van der Waals surface area contributed by atoms with Crippen molar-refractivity contribution in [1.82, 2.24) is 10.3 Å². The van der Waals surface area contributed by atoms with Crippen molar-refractivity contribution in [3.05, 3.63) is 29.3 Å². The van der Waals surface area contributed by atoms with Crippen LogP contribution in [0.15, 0.2) is 23.7 Å². The molecule has 0 bridgehead atoms. The van der Waals surface area contributed by atoms with Gasteiger partial charge in [-0.05, 0) is 31.0 Å². The first-order chi connectivity index (χ1) is 11.2. The van der Waals surface area contributed by atoms with E-state index in [1.807, 2.05) is 0 Å². The van der Waals surface area contributed by atoms with Crippen LogP contribution in [0.1, 0.15) is 48.9 Å². The maximum absolute atomic E-state index is 12.0. The zero-order chi connectivity index (χ0) is 16.1. The van der Waals surface area contributed by atoms with Crippen molar-refractivity contribution >= 4 is 33.4 Å². The topological polar surface area (TPSA) is 68.3 Å². The van der Waals surface area contributed by atoms with Gasteiger partial charge in [-0.25, -0.2) is 9.78 Å². The Bertz CT molecular complexity index is 690. The van der Waals surface area contributed by atoms with E-state index in [1.54, 1.807) is 23.7 Å². The third kappa shape index (κ3) is 4.28. The molecule has 0 unspecified atom stereocenters. The van der Waals surface area contributed by atoms with Crippen LogP contribution in [0, 0.1) is 0 Å². The number of amides is 1.